The first-order valence-electron chi connectivity index (χ1n) is 9.24. The summed E-state index contributed by atoms with van der Waals surface area (Å²) in [6, 6.07) is 7.58. The minimum atomic E-state index is -1.14. The molecule has 1 fully saturated rings. The number of carboxylic acids is 1. The average molecular weight is 379 g/mol. The Labute approximate surface area is 162 Å². The average Bonchev–Trinajstić information content (AvgIpc) is 2.92. The molecule has 1 aromatic carbocycles. The van der Waals surface area contributed by atoms with Crippen molar-refractivity contribution in [3.63, 3.8) is 0 Å². The van der Waals surface area contributed by atoms with E-state index in [4.69, 9.17) is 5.11 Å². The van der Waals surface area contributed by atoms with Gasteiger partial charge in [-0.1, -0.05) is 13.8 Å². The van der Waals surface area contributed by atoms with Crippen LogP contribution in [0, 0.1) is 5.41 Å². The molecule has 2 aliphatic heterocycles. The van der Waals surface area contributed by atoms with E-state index in [1.165, 1.54) is 18.2 Å². The summed E-state index contributed by atoms with van der Waals surface area (Å²) >= 11 is 0. The molecule has 0 atom stereocenters. The van der Waals surface area contributed by atoms with Crippen molar-refractivity contribution in [1.82, 2.24) is 4.98 Å². The van der Waals surface area contributed by atoms with E-state index in [-0.39, 0.29) is 22.5 Å². The van der Waals surface area contributed by atoms with Crippen molar-refractivity contribution in [3.05, 3.63) is 53.2 Å². The molecule has 0 spiro atoms. The van der Waals surface area contributed by atoms with Crippen LogP contribution in [-0.4, -0.2) is 41.0 Å². The molecule has 0 aliphatic carbocycles. The van der Waals surface area contributed by atoms with Crippen molar-refractivity contribution in [2.24, 2.45) is 5.41 Å². The summed E-state index contributed by atoms with van der Waals surface area (Å²) in [7, 11) is 0. The highest BCUT2D eigenvalue weighted by Crippen LogP contribution is 2.34. The number of carboxylic acid groups (broad SMARTS) is 1. The number of carbonyl (C=O) groups excluding carboxylic acids is 2. The van der Waals surface area contributed by atoms with Gasteiger partial charge in [0.25, 0.3) is 11.8 Å². The highest BCUT2D eigenvalue weighted by molar-refractivity contribution is 6.34. The van der Waals surface area contributed by atoms with E-state index < -0.39 is 17.8 Å². The lowest BCUT2D eigenvalue weighted by Gasteiger charge is -2.38. The number of anilines is 2. The van der Waals surface area contributed by atoms with E-state index in [2.05, 4.69) is 23.7 Å². The van der Waals surface area contributed by atoms with E-state index in [0.29, 0.717) is 5.41 Å². The Morgan fingerprint density at radius 2 is 1.71 bits per heavy atom. The number of nitrogens with zero attached hydrogens (tertiary/aromatic N) is 3. The minimum absolute atomic E-state index is 0.0283. The number of fused-ring (bicyclic) bond motifs is 1. The van der Waals surface area contributed by atoms with Gasteiger partial charge in [-0.3, -0.25) is 9.59 Å². The molecule has 3 heterocycles. The first-order valence-corrected chi connectivity index (χ1v) is 9.24. The first-order chi connectivity index (χ1) is 13.3. The van der Waals surface area contributed by atoms with Crippen molar-refractivity contribution in [2.75, 3.05) is 22.9 Å². The number of aromatic nitrogens is 1. The number of benzene rings is 1. The third-order valence-corrected chi connectivity index (χ3v) is 5.57. The van der Waals surface area contributed by atoms with Gasteiger partial charge in [-0.05, 0) is 42.5 Å². The Morgan fingerprint density at radius 3 is 2.39 bits per heavy atom. The molecule has 0 radical (unpaired) electrons. The fourth-order valence-corrected chi connectivity index (χ4v) is 3.68. The second-order valence-corrected chi connectivity index (χ2v) is 8.03. The number of piperidine rings is 1. The van der Waals surface area contributed by atoms with Gasteiger partial charge in [0, 0.05) is 31.0 Å². The van der Waals surface area contributed by atoms with Crippen LogP contribution in [0.15, 0.2) is 36.5 Å². The molecule has 28 heavy (non-hydrogen) atoms. The van der Waals surface area contributed by atoms with Gasteiger partial charge < -0.3 is 10.0 Å². The summed E-state index contributed by atoms with van der Waals surface area (Å²) in [5.41, 5.74) is 1.50. The molecule has 7 nitrogen and oxygen atoms in total. The normalized spacial score (nSPS) is 18.4. The molecule has 7 heteroatoms. The van der Waals surface area contributed by atoms with Crippen molar-refractivity contribution >= 4 is 29.3 Å². The predicted octanol–water partition coefficient (Wildman–Crippen LogP) is 3.21. The first kappa shape index (κ1) is 18.2. The highest BCUT2D eigenvalue weighted by Gasteiger charge is 2.38. The Morgan fingerprint density at radius 1 is 1.04 bits per heavy atom. The molecule has 0 saturated carbocycles. The molecular formula is C21H21N3O4. The van der Waals surface area contributed by atoms with Crippen LogP contribution in [0.3, 0.4) is 0 Å². The quantitative estimate of drug-likeness (QED) is 0.824. The SMILES string of the molecule is CC1(C)CCN(c2ccnc(N3C(=O)c4ccc(C(=O)O)cc4C3=O)c2)CC1. The zero-order chi connectivity index (χ0) is 20.1. The maximum absolute atomic E-state index is 12.8. The number of hydrogen-bond donors (Lipinski definition) is 1. The van der Waals surface area contributed by atoms with Crippen LogP contribution in [0.2, 0.25) is 0 Å². The van der Waals surface area contributed by atoms with Gasteiger partial charge in [-0.25, -0.2) is 14.7 Å². The van der Waals surface area contributed by atoms with Gasteiger partial charge in [0.1, 0.15) is 5.82 Å². The lowest BCUT2D eigenvalue weighted by atomic mass is 9.82. The Kier molecular flexibility index (Phi) is 4.18. The number of carbonyl (C=O) groups is 3. The van der Waals surface area contributed by atoms with Crippen LogP contribution < -0.4 is 9.80 Å². The summed E-state index contributed by atoms with van der Waals surface area (Å²) < 4.78 is 0. The second-order valence-electron chi connectivity index (χ2n) is 8.03. The van der Waals surface area contributed by atoms with Crippen LogP contribution in [0.5, 0.6) is 0 Å². The Balaban J connectivity index is 1.64. The van der Waals surface area contributed by atoms with Crippen molar-refractivity contribution in [3.8, 4) is 0 Å². The van der Waals surface area contributed by atoms with Crippen LogP contribution in [-0.2, 0) is 0 Å². The van der Waals surface area contributed by atoms with Crippen molar-refractivity contribution < 1.29 is 19.5 Å². The fourth-order valence-electron chi connectivity index (χ4n) is 3.68. The summed E-state index contributed by atoms with van der Waals surface area (Å²) in [5, 5.41) is 9.14. The lowest BCUT2D eigenvalue weighted by molar-refractivity contribution is 0.0696. The standard InChI is InChI=1S/C21H21N3O4/c1-21(2)6-9-23(10-7-21)14-5-8-22-17(12-14)24-18(25)15-4-3-13(20(27)28)11-16(15)19(24)26/h3-5,8,11-12H,6-7,9-10H2,1-2H3,(H,27,28). The van der Waals surface area contributed by atoms with E-state index in [1.807, 2.05) is 6.07 Å². The van der Waals surface area contributed by atoms with Gasteiger partial charge in [-0.15, -0.1) is 0 Å². The topological polar surface area (TPSA) is 90.8 Å². The largest absolute Gasteiger partial charge is 0.478 e. The summed E-state index contributed by atoms with van der Waals surface area (Å²) in [6.07, 6.45) is 3.72. The molecule has 1 N–H and O–H groups in total. The molecule has 2 aliphatic rings. The molecule has 1 saturated heterocycles. The molecule has 0 bridgehead atoms. The molecule has 4 rings (SSSR count). The predicted molar refractivity (Wildman–Crippen MR) is 104 cm³/mol. The fraction of sp³-hybridized carbons (Fsp3) is 0.333. The van der Waals surface area contributed by atoms with E-state index in [0.717, 1.165) is 36.5 Å². The minimum Gasteiger partial charge on any atom is -0.478 e. The lowest BCUT2D eigenvalue weighted by Crippen LogP contribution is -2.37. The highest BCUT2D eigenvalue weighted by atomic mass is 16.4. The number of pyridine rings is 1. The maximum Gasteiger partial charge on any atom is 0.335 e. The van der Waals surface area contributed by atoms with Gasteiger partial charge in [0.15, 0.2) is 0 Å². The van der Waals surface area contributed by atoms with E-state index in [9.17, 15) is 14.4 Å². The Bertz CT molecular complexity index is 989. The van der Waals surface area contributed by atoms with Gasteiger partial charge >= 0.3 is 5.97 Å². The third-order valence-electron chi connectivity index (χ3n) is 5.57. The monoisotopic (exact) mass is 379 g/mol. The molecule has 1 aromatic heterocycles. The van der Waals surface area contributed by atoms with Crippen LogP contribution in [0.1, 0.15) is 57.8 Å². The number of hydrogen-bond acceptors (Lipinski definition) is 5. The van der Waals surface area contributed by atoms with E-state index >= 15 is 0 Å². The van der Waals surface area contributed by atoms with E-state index in [1.54, 1.807) is 12.3 Å². The third kappa shape index (κ3) is 3.02. The number of aromatic carboxylic acids is 1. The van der Waals surface area contributed by atoms with Crippen molar-refractivity contribution in [2.45, 2.75) is 26.7 Å². The summed E-state index contributed by atoms with van der Waals surface area (Å²) in [6.45, 7) is 6.32. The van der Waals surface area contributed by atoms with Gasteiger partial charge in [0.05, 0.1) is 16.7 Å². The van der Waals surface area contributed by atoms with Gasteiger partial charge in [0.2, 0.25) is 0 Å². The summed E-state index contributed by atoms with van der Waals surface area (Å²) in [5.74, 6) is -1.92. The van der Waals surface area contributed by atoms with Crippen LogP contribution >= 0.6 is 0 Å². The number of rotatable bonds is 3. The second kappa shape index (κ2) is 6.44. The van der Waals surface area contributed by atoms with Crippen LogP contribution in [0.25, 0.3) is 0 Å². The van der Waals surface area contributed by atoms with Crippen LogP contribution in [0.4, 0.5) is 11.5 Å². The smallest absolute Gasteiger partial charge is 0.335 e. The molecular weight excluding hydrogens is 358 g/mol. The maximum atomic E-state index is 12.8. The molecule has 2 amide bonds. The molecule has 144 valence electrons. The molecule has 2 aromatic rings. The van der Waals surface area contributed by atoms with Crippen molar-refractivity contribution in [1.29, 1.82) is 0 Å². The number of imide groups is 1. The Hall–Kier alpha value is -3.22. The molecule has 0 unspecified atom stereocenters. The zero-order valence-electron chi connectivity index (χ0n) is 15.8. The number of amides is 2. The zero-order valence-corrected chi connectivity index (χ0v) is 15.8. The summed E-state index contributed by atoms with van der Waals surface area (Å²) in [4.78, 5) is 44.2. The van der Waals surface area contributed by atoms with Gasteiger partial charge in [-0.2, -0.15) is 0 Å².